The molecule has 0 rings (SSSR count). The zero-order chi connectivity index (χ0) is 16.1. The van der Waals surface area contributed by atoms with E-state index < -0.39 is 7.82 Å². The van der Waals surface area contributed by atoms with Crippen LogP contribution < -0.4 is 51.4 Å². The Kier molecular flexibility index (Phi) is 19.2. The molecular formula is C16H36KO4P. The number of phosphoric acid groups is 1. The van der Waals surface area contributed by atoms with Gasteiger partial charge in [-0.25, -0.2) is 4.57 Å². The fourth-order valence-corrected chi connectivity index (χ4v) is 3.11. The van der Waals surface area contributed by atoms with Gasteiger partial charge in [0.05, 0.1) is 13.2 Å². The zero-order valence-electron chi connectivity index (χ0n) is 16.3. The monoisotopic (exact) mass is 362 g/mol. The largest absolute Gasteiger partial charge is 1.00 e. The molecule has 0 aliphatic rings. The van der Waals surface area contributed by atoms with Crippen LogP contribution in [0, 0.1) is 11.8 Å². The van der Waals surface area contributed by atoms with E-state index in [-0.39, 0.29) is 52.8 Å². The maximum Gasteiger partial charge on any atom is 1.00 e. The van der Waals surface area contributed by atoms with E-state index in [1.807, 2.05) is 0 Å². The van der Waals surface area contributed by atoms with Crippen molar-refractivity contribution in [2.45, 2.75) is 79.1 Å². The van der Waals surface area contributed by atoms with E-state index in [0.717, 1.165) is 51.4 Å². The summed E-state index contributed by atoms with van der Waals surface area (Å²) in [5.41, 5.74) is 0. The fraction of sp³-hybridized carbons (Fsp3) is 1.00. The van der Waals surface area contributed by atoms with Gasteiger partial charge in [-0.3, -0.25) is 9.05 Å². The molecular weight excluding hydrogens is 326 g/mol. The molecule has 0 aromatic carbocycles. The molecule has 0 amide bonds. The van der Waals surface area contributed by atoms with Gasteiger partial charge in [0.2, 0.25) is 0 Å². The Morgan fingerprint density at radius 2 is 1.27 bits per heavy atom. The smallest absolute Gasteiger partial charge is 1.00 e. The van der Waals surface area contributed by atoms with E-state index in [9.17, 15) is 9.46 Å². The second-order valence-corrected chi connectivity index (χ2v) is 7.35. The molecule has 0 aliphatic heterocycles. The molecule has 0 fully saturated rings. The summed E-state index contributed by atoms with van der Waals surface area (Å²) in [6.07, 6.45) is 8.56. The van der Waals surface area contributed by atoms with Crippen LogP contribution in [0.1, 0.15) is 80.5 Å². The summed E-state index contributed by atoms with van der Waals surface area (Å²) in [7, 11) is -3.89. The predicted molar refractivity (Wildman–Crippen MR) is 89.5 cm³/mol. The van der Waals surface area contributed by atoms with Gasteiger partial charge in [0.1, 0.15) is 0 Å². The minimum atomic E-state index is -3.89. The van der Waals surface area contributed by atoms with Crippen molar-refractivity contribution in [3.05, 3.63) is 0 Å². The first-order valence-electron chi connectivity index (χ1n) is 8.60. The molecule has 130 valence electrons. The second kappa shape index (κ2) is 16.2. The van der Waals surface area contributed by atoms with E-state index in [0.29, 0.717) is 25.0 Å². The molecule has 1 N–H and O–H groups in total. The number of rotatable bonds is 14. The van der Waals surface area contributed by atoms with Crippen LogP contribution in [0.2, 0.25) is 0 Å². The maximum absolute atomic E-state index is 11.9. The van der Waals surface area contributed by atoms with Gasteiger partial charge in [0, 0.05) is 0 Å². The van der Waals surface area contributed by atoms with Gasteiger partial charge >= 0.3 is 59.2 Å². The van der Waals surface area contributed by atoms with Gasteiger partial charge in [-0.05, 0) is 24.7 Å². The fourth-order valence-electron chi connectivity index (χ4n) is 2.23. The van der Waals surface area contributed by atoms with E-state index in [1.54, 1.807) is 0 Å². The van der Waals surface area contributed by atoms with Crippen LogP contribution in [0.25, 0.3) is 0 Å². The molecule has 0 aliphatic carbocycles. The number of hydrogen-bond donors (Lipinski definition) is 1. The summed E-state index contributed by atoms with van der Waals surface area (Å²) in [6, 6.07) is 0. The minimum absolute atomic E-state index is 0. The minimum Gasteiger partial charge on any atom is -1.00 e. The third-order valence-corrected chi connectivity index (χ3v) is 4.98. The molecule has 0 aromatic rings. The van der Waals surface area contributed by atoms with Crippen molar-refractivity contribution in [1.29, 1.82) is 0 Å². The summed E-state index contributed by atoms with van der Waals surface area (Å²) < 4.78 is 22.2. The Labute approximate surface area is 181 Å². The Morgan fingerprint density at radius 3 is 1.55 bits per heavy atom. The Balaban J connectivity index is -0.00000200. The van der Waals surface area contributed by atoms with Gasteiger partial charge in [0.15, 0.2) is 0 Å². The van der Waals surface area contributed by atoms with Crippen molar-refractivity contribution in [2.24, 2.45) is 11.8 Å². The Bertz CT molecular complexity index is 271. The summed E-state index contributed by atoms with van der Waals surface area (Å²) in [6.45, 7) is 9.10. The third kappa shape index (κ3) is 14.1. The van der Waals surface area contributed by atoms with Crippen LogP contribution in [-0.2, 0) is 13.6 Å². The standard InChI is InChI=1S/C16H35O4P.K.H/c1-5-9-11-15(7-3)13-19-21(17,18)20-14-16(8-4)12-10-6-2;;/h15-16H,5-14H2,1-4H3,(H,17,18);;/q;+1;-1. The van der Waals surface area contributed by atoms with Crippen molar-refractivity contribution in [3.8, 4) is 0 Å². The first-order chi connectivity index (χ1) is 9.99. The SMILES string of the molecule is CCCCC(CC)COP(=O)(O)OCC(CC)CCCC.[H-].[K+]. The molecule has 0 radical (unpaired) electrons. The van der Waals surface area contributed by atoms with Gasteiger partial charge in [-0.15, -0.1) is 0 Å². The molecule has 0 heterocycles. The Hall–Kier alpha value is 1.75. The maximum atomic E-state index is 11.9. The van der Waals surface area contributed by atoms with Crippen LogP contribution in [0.5, 0.6) is 0 Å². The first kappa shape index (κ1) is 26.0. The van der Waals surface area contributed by atoms with Crippen LogP contribution in [0.15, 0.2) is 0 Å². The summed E-state index contributed by atoms with van der Waals surface area (Å²) >= 11 is 0. The van der Waals surface area contributed by atoms with Crippen LogP contribution >= 0.6 is 7.82 Å². The molecule has 0 bridgehead atoms. The average Bonchev–Trinajstić information content (AvgIpc) is 2.47. The normalized spacial score (nSPS) is 16.6. The molecule has 22 heavy (non-hydrogen) atoms. The van der Waals surface area contributed by atoms with Crippen molar-refractivity contribution in [2.75, 3.05) is 13.2 Å². The topological polar surface area (TPSA) is 55.8 Å². The third-order valence-electron chi connectivity index (χ3n) is 4.03. The molecule has 0 saturated heterocycles. The zero-order valence-corrected chi connectivity index (χ0v) is 19.4. The van der Waals surface area contributed by atoms with Gasteiger partial charge in [-0.1, -0.05) is 66.2 Å². The Morgan fingerprint density at radius 1 is 0.909 bits per heavy atom. The average molecular weight is 363 g/mol. The van der Waals surface area contributed by atoms with Gasteiger partial charge in [0.25, 0.3) is 0 Å². The van der Waals surface area contributed by atoms with Crippen molar-refractivity contribution in [1.82, 2.24) is 0 Å². The molecule has 2 atom stereocenters. The summed E-state index contributed by atoms with van der Waals surface area (Å²) in [4.78, 5) is 9.77. The van der Waals surface area contributed by atoms with E-state index >= 15 is 0 Å². The number of hydrogen-bond acceptors (Lipinski definition) is 3. The molecule has 0 spiro atoms. The number of phosphoric ester groups is 1. The van der Waals surface area contributed by atoms with Gasteiger partial charge < -0.3 is 6.32 Å². The quantitative estimate of drug-likeness (QED) is 0.381. The van der Waals surface area contributed by atoms with E-state index in [4.69, 9.17) is 9.05 Å². The van der Waals surface area contributed by atoms with Crippen molar-refractivity contribution < 1.29 is 71.3 Å². The first-order valence-corrected chi connectivity index (χ1v) is 10.1. The molecule has 0 saturated carbocycles. The summed E-state index contributed by atoms with van der Waals surface area (Å²) in [5, 5.41) is 0. The molecule has 0 aromatic heterocycles. The van der Waals surface area contributed by atoms with Crippen LogP contribution in [0.4, 0.5) is 0 Å². The number of unbranched alkanes of at least 4 members (excludes halogenated alkanes) is 2. The van der Waals surface area contributed by atoms with E-state index in [1.165, 1.54) is 0 Å². The van der Waals surface area contributed by atoms with Crippen molar-refractivity contribution >= 4 is 7.82 Å². The molecule has 6 heteroatoms. The van der Waals surface area contributed by atoms with Crippen molar-refractivity contribution in [3.63, 3.8) is 0 Å². The van der Waals surface area contributed by atoms with E-state index in [2.05, 4.69) is 27.7 Å². The summed E-state index contributed by atoms with van der Waals surface area (Å²) in [5.74, 6) is 0.687. The predicted octanol–water partition coefficient (Wildman–Crippen LogP) is 2.67. The molecule has 4 nitrogen and oxygen atoms in total. The van der Waals surface area contributed by atoms with Crippen LogP contribution in [-0.4, -0.2) is 18.1 Å². The van der Waals surface area contributed by atoms with Crippen LogP contribution in [0.3, 0.4) is 0 Å². The van der Waals surface area contributed by atoms with Gasteiger partial charge in [-0.2, -0.15) is 0 Å². The molecule has 2 unspecified atom stereocenters. The second-order valence-electron chi connectivity index (χ2n) is 5.89.